The van der Waals surface area contributed by atoms with Crippen molar-refractivity contribution in [1.82, 2.24) is 10.6 Å². The van der Waals surface area contributed by atoms with Gasteiger partial charge in [0.1, 0.15) is 0 Å². The van der Waals surface area contributed by atoms with E-state index in [2.05, 4.69) is 31.4 Å². The first-order chi connectivity index (χ1) is 9.59. The van der Waals surface area contributed by atoms with Crippen LogP contribution in [0.15, 0.2) is 0 Å². The molecule has 3 unspecified atom stereocenters. The summed E-state index contributed by atoms with van der Waals surface area (Å²) in [5.41, 5.74) is -0.0968. The Morgan fingerprint density at radius 3 is 2.60 bits per heavy atom. The highest BCUT2D eigenvalue weighted by molar-refractivity contribution is 5.83. The summed E-state index contributed by atoms with van der Waals surface area (Å²) in [4.78, 5) is 12.9. The van der Waals surface area contributed by atoms with Crippen molar-refractivity contribution in [3.8, 4) is 0 Å². The van der Waals surface area contributed by atoms with Gasteiger partial charge in [0.2, 0.25) is 5.91 Å². The van der Waals surface area contributed by atoms with Crippen molar-refractivity contribution in [2.75, 3.05) is 13.1 Å². The Labute approximate surface area is 124 Å². The molecule has 20 heavy (non-hydrogen) atoms. The largest absolute Gasteiger partial charge is 0.353 e. The predicted octanol–water partition coefficient (Wildman–Crippen LogP) is 3.10. The fraction of sp³-hybridized carbons (Fsp3) is 0.941. The lowest BCUT2D eigenvalue weighted by Gasteiger charge is -2.40. The van der Waals surface area contributed by atoms with Crippen molar-refractivity contribution in [3.63, 3.8) is 0 Å². The number of rotatable bonds is 4. The SMILES string of the molecule is CCCC1(C(=O)NC2CCCC(C)C2C)CCNCC1. The Hall–Kier alpha value is -0.570. The van der Waals surface area contributed by atoms with Gasteiger partial charge in [-0.25, -0.2) is 0 Å². The van der Waals surface area contributed by atoms with Crippen molar-refractivity contribution in [1.29, 1.82) is 0 Å². The molecule has 2 aliphatic rings. The van der Waals surface area contributed by atoms with Crippen LogP contribution in [0.1, 0.15) is 65.7 Å². The molecule has 2 N–H and O–H groups in total. The van der Waals surface area contributed by atoms with Gasteiger partial charge < -0.3 is 10.6 Å². The molecule has 1 aliphatic heterocycles. The standard InChI is InChI=1S/C17H32N2O/c1-4-8-17(9-11-18-12-10-17)16(20)19-15-7-5-6-13(2)14(15)3/h13-15,18H,4-12H2,1-3H3,(H,19,20). The molecule has 0 bridgehead atoms. The second-order valence-electron chi connectivity index (χ2n) is 7.13. The number of nitrogens with one attached hydrogen (secondary N) is 2. The van der Waals surface area contributed by atoms with Gasteiger partial charge in [-0.15, -0.1) is 0 Å². The van der Waals surface area contributed by atoms with Gasteiger partial charge in [0.15, 0.2) is 0 Å². The van der Waals surface area contributed by atoms with Crippen molar-refractivity contribution in [3.05, 3.63) is 0 Å². The number of hydrogen-bond donors (Lipinski definition) is 2. The van der Waals surface area contributed by atoms with Gasteiger partial charge in [-0.3, -0.25) is 4.79 Å². The smallest absolute Gasteiger partial charge is 0.226 e. The summed E-state index contributed by atoms with van der Waals surface area (Å²) in [5, 5.41) is 6.82. The summed E-state index contributed by atoms with van der Waals surface area (Å²) in [6.45, 7) is 8.81. The molecule has 3 atom stereocenters. The molecule has 0 radical (unpaired) electrons. The van der Waals surface area contributed by atoms with E-state index in [-0.39, 0.29) is 5.41 Å². The minimum Gasteiger partial charge on any atom is -0.353 e. The van der Waals surface area contributed by atoms with Gasteiger partial charge >= 0.3 is 0 Å². The third-order valence-electron chi connectivity index (χ3n) is 5.79. The lowest BCUT2D eigenvalue weighted by molar-refractivity contribution is -0.134. The van der Waals surface area contributed by atoms with Crippen LogP contribution in [0.2, 0.25) is 0 Å². The topological polar surface area (TPSA) is 41.1 Å². The molecule has 2 fully saturated rings. The normalized spacial score (nSPS) is 33.6. The van der Waals surface area contributed by atoms with Crippen molar-refractivity contribution in [2.24, 2.45) is 17.3 Å². The van der Waals surface area contributed by atoms with Crippen LogP contribution in [-0.2, 0) is 4.79 Å². The zero-order valence-corrected chi connectivity index (χ0v) is 13.5. The zero-order chi connectivity index (χ0) is 14.6. The Morgan fingerprint density at radius 1 is 1.25 bits per heavy atom. The molecule has 3 nitrogen and oxygen atoms in total. The van der Waals surface area contributed by atoms with Gasteiger partial charge in [-0.05, 0) is 50.6 Å². The first kappa shape index (κ1) is 15.8. The summed E-state index contributed by atoms with van der Waals surface area (Å²) in [5.74, 6) is 1.70. The average molecular weight is 280 g/mol. The third kappa shape index (κ3) is 3.36. The molecule has 0 aromatic heterocycles. The van der Waals surface area contributed by atoms with E-state index in [0.29, 0.717) is 17.9 Å². The minimum absolute atomic E-state index is 0.0968. The highest BCUT2D eigenvalue weighted by Gasteiger charge is 2.40. The van der Waals surface area contributed by atoms with E-state index in [9.17, 15) is 4.79 Å². The van der Waals surface area contributed by atoms with Gasteiger partial charge in [0.25, 0.3) is 0 Å². The van der Waals surface area contributed by atoms with E-state index in [1.807, 2.05) is 0 Å². The van der Waals surface area contributed by atoms with Crippen LogP contribution in [0.4, 0.5) is 0 Å². The molecule has 0 aromatic carbocycles. The van der Waals surface area contributed by atoms with Gasteiger partial charge in [-0.1, -0.05) is 40.0 Å². The Balaban J connectivity index is 2.00. The fourth-order valence-corrected chi connectivity index (χ4v) is 4.08. The van der Waals surface area contributed by atoms with Crippen molar-refractivity contribution >= 4 is 5.91 Å². The molecular weight excluding hydrogens is 248 g/mol. The zero-order valence-electron chi connectivity index (χ0n) is 13.5. The van der Waals surface area contributed by atoms with Crippen LogP contribution in [0.3, 0.4) is 0 Å². The van der Waals surface area contributed by atoms with E-state index in [1.54, 1.807) is 0 Å². The Bertz CT molecular complexity index is 317. The van der Waals surface area contributed by atoms with Crippen LogP contribution in [0.25, 0.3) is 0 Å². The van der Waals surface area contributed by atoms with Crippen LogP contribution in [0.5, 0.6) is 0 Å². The van der Waals surface area contributed by atoms with E-state index in [1.165, 1.54) is 12.8 Å². The highest BCUT2D eigenvalue weighted by Crippen LogP contribution is 2.36. The summed E-state index contributed by atoms with van der Waals surface area (Å²) in [7, 11) is 0. The maximum absolute atomic E-state index is 12.9. The first-order valence-corrected chi connectivity index (χ1v) is 8.61. The van der Waals surface area contributed by atoms with E-state index in [0.717, 1.165) is 51.1 Å². The Morgan fingerprint density at radius 2 is 1.95 bits per heavy atom. The second kappa shape index (κ2) is 6.93. The molecule has 1 saturated carbocycles. The molecule has 0 aromatic rings. The van der Waals surface area contributed by atoms with E-state index >= 15 is 0 Å². The van der Waals surface area contributed by atoms with Gasteiger partial charge in [-0.2, -0.15) is 0 Å². The molecule has 0 spiro atoms. The molecule has 2 rings (SSSR count). The number of carbonyl (C=O) groups excluding carboxylic acids is 1. The van der Waals surface area contributed by atoms with Gasteiger partial charge in [0, 0.05) is 6.04 Å². The number of hydrogen-bond acceptors (Lipinski definition) is 2. The van der Waals surface area contributed by atoms with Crippen LogP contribution in [0, 0.1) is 17.3 Å². The molecule has 1 saturated heterocycles. The second-order valence-corrected chi connectivity index (χ2v) is 7.13. The Kier molecular flexibility index (Phi) is 5.48. The molecular formula is C17H32N2O. The molecule has 116 valence electrons. The summed E-state index contributed by atoms with van der Waals surface area (Å²) in [6, 6.07) is 0.398. The van der Waals surface area contributed by atoms with E-state index < -0.39 is 0 Å². The number of amides is 1. The highest BCUT2D eigenvalue weighted by atomic mass is 16.2. The van der Waals surface area contributed by atoms with Gasteiger partial charge in [0.05, 0.1) is 5.41 Å². The van der Waals surface area contributed by atoms with Crippen LogP contribution >= 0.6 is 0 Å². The number of piperidine rings is 1. The first-order valence-electron chi connectivity index (χ1n) is 8.61. The molecule has 1 aliphatic carbocycles. The van der Waals surface area contributed by atoms with E-state index in [4.69, 9.17) is 0 Å². The average Bonchev–Trinajstić information content (AvgIpc) is 2.45. The van der Waals surface area contributed by atoms with Crippen molar-refractivity contribution < 1.29 is 4.79 Å². The molecule has 1 heterocycles. The summed E-state index contributed by atoms with van der Waals surface area (Å²) < 4.78 is 0. The van der Waals surface area contributed by atoms with Crippen LogP contribution in [-0.4, -0.2) is 25.0 Å². The monoisotopic (exact) mass is 280 g/mol. The summed E-state index contributed by atoms with van der Waals surface area (Å²) >= 11 is 0. The third-order valence-corrected chi connectivity index (χ3v) is 5.79. The van der Waals surface area contributed by atoms with Crippen molar-refractivity contribution in [2.45, 2.75) is 71.8 Å². The lowest BCUT2D eigenvalue weighted by atomic mass is 9.73. The number of carbonyl (C=O) groups is 1. The molecule has 1 amide bonds. The maximum atomic E-state index is 12.9. The lowest BCUT2D eigenvalue weighted by Crippen LogP contribution is -2.52. The quantitative estimate of drug-likeness (QED) is 0.831. The predicted molar refractivity (Wildman–Crippen MR) is 83.6 cm³/mol. The summed E-state index contributed by atoms with van der Waals surface area (Å²) in [6.07, 6.45) is 7.89. The minimum atomic E-state index is -0.0968. The van der Waals surface area contributed by atoms with Crippen LogP contribution < -0.4 is 10.6 Å². The molecule has 3 heteroatoms. The maximum Gasteiger partial charge on any atom is 0.226 e. The fourth-order valence-electron chi connectivity index (χ4n) is 4.08.